The molecule has 1 aromatic carbocycles. The Morgan fingerprint density at radius 2 is 1.93 bits per heavy atom. The van der Waals surface area contributed by atoms with Crippen LogP contribution in [0.2, 0.25) is 0 Å². The van der Waals surface area contributed by atoms with Crippen LogP contribution in [0.15, 0.2) is 24.3 Å². The van der Waals surface area contributed by atoms with Crippen LogP contribution in [-0.2, 0) is 0 Å². The van der Waals surface area contributed by atoms with Gasteiger partial charge in [0.05, 0.1) is 6.17 Å². The van der Waals surface area contributed by atoms with Crippen LogP contribution in [-0.4, -0.2) is 12.7 Å². The summed E-state index contributed by atoms with van der Waals surface area (Å²) >= 11 is 0. The summed E-state index contributed by atoms with van der Waals surface area (Å²) in [6.07, 6.45) is -0.133. The average molecular weight is 211 g/mol. The highest BCUT2D eigenvalue weighted by Gasteiger charge is 2.26. The van der Waals surface area contributed by atoms with Crippen molar-refractivity contribution in [2.45, 2.75) is 12.1 Å². The number of halogens is 1. The van der Waals surface area contributed by atoms with E-state index in [1.54, 1.807) is 18.2 Å². The van der Waals surface area contributed by atoms with E-state index in [1.165, 1.54) is 6.07 Å². The van der Waals surface area contributed by atoms with Gasteiger partial charge in [0.1, 0.15) is 5.82 Å². The molecule has 6 heteroatoms. The number of hydrazine groups is 3. The second-order valence-electron chi connectivity index (χ2n) is 3.38. The molecule has 1 aliphatic rings. The molecule has 1 unspecified atom stereocenters. The van der Waals surface area contributed by atoms with Crippen LogP contribution in [0, 0.1) is 5.82 Å². The Bertz CT molecular complexity index is 326. The lowest BCUT2D eigenvalue weighted by Crippen LogP contribution is -2.43. The molecule has 0 saturated carbocycles. The third-order valence-corrected chi connectivity index (χ3v) is 2.48. The van der Waals surface area contributed by atoms with Crippen molar-refractivity contribution < 1.29 is 4.39 Å². The van der Waals surface area contributed by atoms with Gasteiger partial charge in [0.25, 0.3) is 0 Å². The Hall–Kier alpha value is -1.05. The van der Waals surface area contributed by atoms with Crippen molar-refractivity contribution >= 4 is 0 Å². The molecule has 0 spiro atoms. The summed E-state index contributed by atoms with van der Waals surface area (Å²) in [6.45, 7) is 0.356. The quantitative estimate of drug-likeness (QED) is 0.458. The third kappa shape index (κ3) is 2.14. The molecule has 1 atom stereocenters. The fourth-order valence-electron chi connectivity index (χ4n) is 1.68. The summed E-state index contributed by atoms with van der Waals surface area (Å²) in [7, 11) is 0. The van der Waals surface area contributed by atoms with Crippen LogP contribution >= 0.6 is 0 Å². The molecule has 1 aliphatic heterocycles. The van der Waals surface area contributed by atoms with E-state index in [-0.39, 0.29) is 17.9 Å². The molecule has 6 N–H and O–H groups in total. The Labute approximate surface area is 87.1 Å². The summed E-state index contributed by atoms with van der Waals surface area (Å²) in [5.41, 5.74) is 17.5. The minimum absolute atomic E-state index is 0.131. The predicted octanol–water partition coefficient (Wildman–Crippen LogP) is -0.689. The summed E-state index contributed by atoms with van der Waals surface area (Å²) in [4.78, 5) is 0. The van der Waals surface area contributed by atoms with Gasteiger partial charge >= 0.3 is 0 Å². The van der Waals surface area contributed by atoms with Gasteiger partial charge in [0, 0.05) is 12.5 Å². The maximum absolute atomic E-state index is 13.5. The molecule has 1 fully saturated rings. The molecule has 0 aromatic heterocycles. The lowest BCUT2D eigenvalue weighted by Gasteiger charge is -2.21. The number of hydrogen-bond donors (Lipinski definition) is 5. The highest BCUT2D eigenvalue weighted by Crippen LogP contribution is 2.20. The van der Waals surface area contributed by atoms with Crippen LogP contribution in [0.4, 0.5) is 4.39 Å². The SMILES string of the molecule is NCC(c1ccccc1F)C1NNNN1. The number of hydrogen-bond acceptors (Lipinski definition) is 5. The van der Waals surface area contributed by atoms with Gasteiger partial charge in [0.15, 0.2) is 0 Å². The second kappa shape index (κ2) is 4.65. The number of rotatable bonds is 3. The van der Waals surface area contributed by atoms with Crippen molar-refractivity contribution in [1.29, 1.82) is 0 Å². The first-order valence-electron chi connectivity index (χ1n) is 4.78. The van der Waals surface area contributed by atoms with Crippen LogP contribution in [0.25, 0.3) is 0 Å². The Kier molecular flexibility index (Phi) is 3.24. The minimum atomic E-state index is -0.233. The van der Waals surface area contributed by atoms with E-state index in [9.17, 15) is 4.39 Å². The second-order valence-corrected chi connectivity index (χ2v) is 3.38. The van der Waals surface area contributed by atoms with Crippen LogP contribution in [0.3, 0.4) is 0 Å². The smallest absolute Gasteiger partial charge is 0.126 e. The van der Waals surface area contributed by atoms with E-state index in [0.717, 1.165) is 0 Å². The van der Waals surface area contributed by atoms with Crippen LogP contribution in [0.5, 0.6) is 0 Å². The maximum atomic E-state index is 13.5. The molecule has 2 rings (SSSR count). The molecule has 0 radical (unpaired) electrons. The van der Waals surface area contributed by atoms with Gasteiger partial charge in [-0.05, 0) is 11.6 Å². The minimum Gasteiger partial charge on any atom is -0.330 e. The van der Waals surface area contributed by atoms with Gasteiger partial charge in [-0.1, -0.05) is 18.2 Å². The summed E-state index contributed by atoms with van der Waals surface area (Å²) in [5, 5.41) is 0. The first-order chi connectivity index (χ1) is 7.33. The number of nitrogens with two attached hydrogens (primary N) is 1. The van der Waals surface area contributed by atoms with Gasteiger partial charge in [0.2, 0.25) is 0 Å². The Balaban J connectivity index is 2.22. The number of nitrogens with one attached hydrogen (secondary N) is 4. The van der Waals surface area contributed by atoms with Crippen LogP contribution < -0.4 is 27.7 Å². The lowest BCUT2D eigenvalue weighted by molar-refractivity contribution is 0.423. The molecule has 1 saturated heterocycles. The van der Waals surface area contributed by atoms with E-state index in [1.807, 2.05) is 0 Å². The van der Waals surface area contributed by atoms with Gasteiger partial charge in [-0.15, -0.1) is 0 Å². The zero-order valence-electron chi connectivity index (χ0n) is 8.13. The van der Waals surface area contributed by atoms with Crippen LogP contribution in [0.1, 0.15) is 11.5 Å². The molecular weight excluding hydrogens is 197 g/mol. The molecule has 15 heavy (non-hydrogen) atoms. The van der Waals surface area contributed by atoms with Crippen molar-refractivity contribution in [2.75, 3.05) is 6.54 Å². The van der Waals surface area contributed by atoms with Crippen molar-refractivity contribution in [2.24, 2.45) is 5.73 Å². The van der Waals surface area contributed by atoms with E-state index >= 15 is 0 Å². The van der Waals surface area contributed by atoms with Gasteiger partial charge in [-0.2, -0.15) is 11.1 Å². The summed E-state index contributed by atoms with van der Waals surface area (Å²) < 4.78 is 13.5. The molecule has 0 bridgehead atoms. The summed E-state index contributed by atoms with van der Waals surface area (Å²) in [5.74, 6) is -0.364. The van der Waals surface area contributed by atoms with E-state index in [4.69, 9.17) is 5.73 Å². The normalized spacial score (nSPS) is 19.3. The molecular formula is C9H14FN5. The van der Waals surface area contributed by atoms with Crippen molar-refractivity contribution in [3.63, 3.8) is 0 Å². The largest absolute Gasteiger partial charge is 0.330 e. The topological polar surface area (TPSA) is 74.1 Å². The highest BCUT2D eigenvalue weighted by atomic mass is 19.1. The average Bonchev–Trinajstić information content (AvgIpc) is 2.75. The zero-order valence-corrected chi connectivity index (χ0v) is 8.13. The van der Waals surface area contributed by atoms with Gasteiger partial charge in [-0.3, -0.25) is 0 Å². The summed E-state index contributed by atoms with van der Waals surface area (Å²) in [6, 6.07) is 6.65. The highest BCUT2D eigenvalue weighted by molar-refractivity contribution is 5.23. The Morgan fingerprint density at radius 1 is 1.27 bits per heavy atom. The van der Waals surface area contributed by atoms with E-state index in [2.05, 4.69) is 21.9 Å². The predicted molar refractivity (Wildman–Crippen MR) is 54.5 cm³/mol. The zero-order chi connectivity index (χ0) is 10.7. The first-order valence-corrected chi connectivity index (χ1v) is 4.78. The number of benzene rings is 1. The standard InChI is InChI=1S/C9H14FN5/c10-8-4-2-1-3-6(8)7(5-11)9-12-14-15-13-9/h1-4,7,9,12-15H,5,11H2. The van der Waals surface area contributed by atoms with Crippen molar-refractivity contribution in [3.05, 3.63) is 35.6 Å². The third-order valence-electron chi connectivity index (χ3n) is 2.48. The molecule has 0 amide bonds. The van der Waals surface area contributed by atoms with Crippen molar-refractivity contribution in [1.82, 2.24) is 21.9 Å². The van der Waals surface area contributed by atoms with Gasteiger partial charge < -0.3 is 5.73 Å². The maximum Gasteiger partial charge on any atom is 0.126 e. The molecule has 1 heterocycles. The monoisotopic (exact) mass is 211 g/mol. The fraction of sp³-hybridized carbons (Fsp3) is 0.333. The van der Waals surface area contributed by atoms with Gasteiger partial charge in [-0.25, -0.2) is 15.2 Å². The lowest BCUT2D eigenvalue weighted by atomic mass is 9.96. The first kappa shape index (κ1) is 10.5. The molecule has 5 nitrogen and oxygen atoms in total. The van der Waals surface area contributed by atoms with Crippen molar-refractivity contribution in [3.8, 4) is 0 Å². The molecule has 1 aromatic rings. The van der Waals surface area contributed by atoms with E-state index in [0.29, 0.717) is 12.1 Å². The molecule has 82 valence electrons. The van der Waals surface area contributed by atoms with E-state index < -0.39 is 0 Å². The Morgan fingerprint density at radius 3 is 2.53 bits per heavy atom. The molecule has 0 aliphatic carbocycles. The fourth-order valence-corrected chi connectivity index (χ4v) is 1.68.